The number of rotatable bonds is 11. The van der Waals surface area contributed by atoms with Gasteiger partial charge in [0.25, 0.3) is 0 Å². The maximum atomic E-state index is 11.7. The van der Waals surface area contributed by atoms with Crippen molar-refractivity contribution in [2.75, 3.05) is 10.6 Å². The summed E-state index contributed by atoms with van der Waals surface area (Å²) in [6.45, 7) is 0. The normalized spacial score (nSPS) is 10.4. The average molecular weight is 340 g/mol. The van der Waals surface area contributed by atoms with Crippen molar-refractivity contribution in [1.29, 1.82) is 0 Å². The Morgan fingerprint density at radius 3 is 2.00 bits per heavy atom. The predicted octanol–water partition coefficient (Wildman–Crippen LogP) is 5.53. The van der Waals surface area contributed by atoms with Gasteiger partial charge >= 0.3 is 0 Å². The molecule has 1 aromatic rings. The number of benzene rings is 1. The Labute approximate surface area is 131 Å². The lowest BCUT2D eigenvalue weighted by molar-refractivity contribution is -0.116. The van der Waals surface area contributed by atoms with Crippen LogP contribution in [0, 0.1) is 0 Å². The van der Waals surface area contributed by atoms with E-state index in [0.29, 0.717) is 6.42 Å². The van der Waals surface area contributed by atoms with Crippen molar-refractivity contribution in [2.45, 2.75) is 57.8 Å². The molecule has 0 fully saturated rings. The molecule has 3 heteroatoms. The van der Waals surface area contributed by atoms with Crippen LogP contribution >= 0.6 is 15.9 Å². The molecule has 1 aromatic carbocycles. The standard InChI is InChI=1S/C17H26BrNO/c18-15-11-6-4-2-1-3-5-10-14-17(20)19-16-12-8-7-9-13-16/h7-9,12-13H,1-6,10-11,14-15H2,(H,19,20). The second-order valence-corrected chi connectivity index (χ2v) is 5.97. The molecule has 0 unspecified atom stereocenters. The monoisotopic (exact) mass is 339 g/mol. The van der Waals surface area contributed by atoms with Gasteiger partial charge in [-0.2, -0.15) is 0 Å². The van der Waals surface area contributed by atoms with E-state index in [2.05, 4.69) is 21.2 Å². The first-order valence-corrected chi connectivity index (χ1v) is 8.86. The molecular weight excluding hydrogens is 314 g/mol. The number of nitrogens with one attached hydrogen (secondary N) is 1. The number of carbonyl (C=O) groups excluding carboxylic acids is 1. The van der Waals surface area contributed by atoms with Crippen molar-refractivity contribution in [3.05, 3.63) is 30.3 Å². The number of carbonyl (C=O) groups is 1. The largest absolute Gasteiger partial charge is 0.326 e. The minimum atomic E-state index is 0.133. The third kappa shape index (κ3) is 9.13. The summed E-state index contributed by atoms with van der Waals surface area (Å²) < 4.78 is 0. The lowest BCUT2D eigenvalue weighted by atomic mass is 10.1. The third-order valence-corrected chi connectivity index (χ3v) is 3.91. The molecular formula is C17H26BrNO. The lowest BCUT2D eigenvalue weighted by Crippen LogP contribution is -2.10. The predicted molar refractivity (Wildman–Crippen MR) is 90.4 cm³/mol. The number of alkyl halides is 1. The van der Waals surface area contributed by atoms with Gasteiger partial charge in [0.1, 0.15) is 0 Å². The fourth-order valence-electron chi connectivity index (χ4n) is 2.19. The van der Waals surface area contributed by atoms with E-state index in [1.165, 1.54) is 44.9 Å². The van der Waals surface area contributed by atoms with E-state index in [0.717, 1.165) is 17.4 Å². The number of hydrogen-bond acceptors (Lipinski definition) is 1. The minimum absolute atomic E-state index is 0.133. The van der Waals surface area contributed by atoms with Crippen LogP contribution in [0.5, 0.6) is 0 Å². The Balaban J connectivity index is 1.92. The Morgan fingerprint density at radius 2 is 1.40 bits per heavy atom. The molecule has 2 nitrogen and oxygen atoms in total. The van der Waals surface area contributed by atoms with Gasteiger partial charge in [0.05, 0.1) is 0 Å². The van der Waals surface area contributed by atoms with E-state index in [1.807, 2.05) is 30.3 Å². The smallest absolute Gasteiger partial charge is 0.224 e. The molecule has 20 heavy (non-hydrogen) atoms. The molecule has 1 rings (SSSR count). The van der Waals surface area contributed by atoms with Gasteiger partial charge in [-0.1, -0.05) is 72.7 Å². The maximum Gasteiger partial charge on any atom is 0.224 e. The summed E-state index contributed by atoms with van der Waals surface area (Å²) in [6, 6.07) is 9.67. The number of unbranched alkanes of at least 4 members (excludes halogenated alkanes) is 7. The van der Waals surface area contributed by atoms with Crippen LogP contribution in [0.1, 0.15) is 57.8 Å². The molecule has 112 valence electrons. The van der Waals surface area contributed by atoms with Crippen LogP contribution in [0.4, 0.5) is 5.69 Å². The van der Waals surface area contributed by atoms with Gasteiger partial charge in [-0.3, -0.25) is 4.79 Å². The fourth-order valence-corrected chi connectivity index (χ4v) is 2.58. The minimum Gasteiger partial charge on any atom is -0.326 e. The van der Waals surface area contributed by atoms with E-state index in [-0.39, 0.29) is 5.91 Å². The fraction of sp³-hybridized carbons (Fsp3) is 0.588. The first kappa shape index (κ1) is 17.2. The van der Waals surface area contributed by atoms with E-state index in [9.17, 15) is 4.79 Å². The Bertz CT molecular complexity index is 353. The van der Waals surface area contributed by atoms with Crippen LogP contribution in [0.15, 0.2) is 30.3 Å². The van der Waals surface area contributed by atoms with Crippen molar-refractivity contribution in [3.63, 3.8) is 0 Å². The highest BCUT2D eigenvalue weighted by molar-refractivity contribution is 9.09. The molecule has 1 amide bonds. The zero-order valence-electron chi connectivity index (χ0n) is 12.2. The number of anilines is 1. The van der Waals surface area contributed by atoms with Crippen LogP contribution < -0.4 is 5.32 Å². The Hall–Kier alpha value is -0.830. The summed E-state index contributed by atoms with van der Waals surface area (Å²) in [5.41, 5.74) is 0.893. The molecule has 0 saturated carbocycles. The molecule has 0 radical (unpaired) electrons. The molecule has 1 N–H and O–H groups in total. The number of halogens is 1. The van der Waals surface area contributed by atoms with Crippen LogP contribution in [-0.2, 0) is 4.79 Å². The summed E-state index contributed by atoms with van der Waals surface area (Å²) in [6.07, 6.45) is 10.7. The second kappa shape index (κ2) is 12.0. The van der Waals surface area contributed by atoms with Crippen molar-refractivity contribution in [3.8, 4) is 0 Å². The van der Waals surface area contributed by atoms with Crippen molar-refractivity contribution < 1.29 is 4.79 Å². The van der Waals surface area contributed by atoms with Crippen LogP contribution in [-0.4, -0.2) is 11.2 Å². The van der Waals surface area contributed by atoms with E-state index < -0.39 is 0 Å². The van der Waals surface area contributed by atoms with Crippen molar-refractivity contribution in [2.24, 2.45) is 0 Å². The van der Waals surface area contributed by atoms with Crippen LogP contribution in [0.25, 0.3) is 0 Å². The molecule has 0 aromatic heterocycles. The summed E-state index contributed by atoms with van der Waals surface area (Å²) in [7, 11) is 0. The topological polar surface area (TPSA) is 29.1 Å². The second-order valence-electron chi connectivity index (χ2n) is 5.18. The van der Waals surface area contributed by atoms with Gasteiger partial charge in [0.15, 0.2) is 0 Å². The molecule has 0 bridgehead atoms. The van der Waals surface area contributed by atoms with Gasteiger partial charge in [-0.25, -0.2) is 0 Å². The molecule has 0 atom stereocenters. The lowest BCUT2D eigenvalue weighted by Gasteiger charge is -2.05. The highest BCUT2D eigenvalue weighted by Crippen LogP contribution is 2.11. The number of amides is 1. The molecule has 0 spiro atoms. The highest BCUT2D eigenvalue weighted by Gasteiger charge is 2.01. The molecule has 0 saturated heterocycles. The number of para-hydroxylation sites is 1. The first-order chi connectivity index (χ1) is 9.83. The van der Waals surface area contributed by atoms with Gasteiger partial charge in [0, 0.05) is 17.4 Å². The number of hydrogen-bond donors (Lipinski definition) is 1. The zero-order chi connectivity index (χ0) is 14.5. The van der Waals surface area contributed by atoms with E-state index in [1.54, 1.807) is 0 Å². The SMILES string of the molecule is O=C(CCCCCCCCCCBr)Nc1ccccc1. The molecule has 0 aliphatic rings. The van der Waals surface area contributed by atoms with Crippen LogP contribution in [0.3, 0.4) is 0 Å². The summed E-state index contributed by atoms with van der Waals surface area (Å²) in [4.78, 5) is 11.7. The summed E-state index contributed by atoms with van der Waals surface area (Å²) in [5.74, 6) is 0.133. The van der Waals surface area contributed by atoms with Crippen LogP contribution in [0.2, 0.25) is 0 Å². The quantitative estimate of drug-likeness (QED) is 0.416. The molecule has 0 heterocycles. The zero-order valence-corrected chi connectivity index (χ0v) is 13.8. The third-order valence-electron chi connectivity index (χ3n) is 3.35. The Morgan fingerprint density at radius 1 is 0.850 bits per heavy atom. The van der Waals surface area contributed by atoms with Gasteiger partial charge in [0.2, 0.25) is 5.91 Å². The molecule has 0 aliphatic heterocycles. The highest BCUT2D eigenvalue weighted by atomic mass is 79.9. The van der Waals surface area contributed by atoms with E-state index >= 15 is 0 Å². The van der Waals surface area contributed by atoms with Crippen molar-refractivity contribution in [1.82, 2.24) is 0 Å². The summed E-state index contributed by atoms with van der Waals surface area (Å²) in [5, 5.41) is 4.05. The Kier molecular flexibility index (Phi) is 10.3. The average Bonchev–Trinajstić information content (AvgIpc) is 2.46. The van der Waals surface area contributed by atoms with Gasteiger partial charge in [-0.05, 0) is 25.0 Å². The first-order valence-electron chi connectivity index (χ1n) is 7.74. The van der Waals surface area contributed by atoms with Gasteiger partial charge < -0.3 is 5.32 Å². The maximum absolute atomic E-state index is 11.7. The van der Waals surface area contributed by atoms with E-state index in [4.69, 9.17) is 0 Å². The summed E-state index contributed by atoms with van der Waals surface area (Å²) >= 11 is 3.45. The van der Waals surface area contributed by atoms with Crippen molar-refractivity contribution >= 4 is 27.5 Å². The molecule has 0 aliphatic carbocycles. The van der Waals surface area contributed by atoms with Gasteiger partial charge in [-0.15, -0.1) is 0 Å².